The number of benzene rings is 3. The Morgan fingerprint density at radius 1 is 0.472 bits per heavy atom. The highest BCUT2D eigenvalue weighted by atomic mass is 16.1. The topological polar surface area (TPSA) is 20.3 Å². The quantitative estimate of drug-likeness (QED) is 0.341. The molecule has 3 aromatic carbocycles. The van der Waals surface area contributed by atoms with Crippen molar-refractivity contribution in [1.29, 1.82) is 0 Å². The van der Waals surface area contributed by atoms with Crippen LogP contribution in [0.4, 0.5) is 17.1 Å². The van der Waals surface area contributed by atoms with E-state index in [1.807, 2.05) is 27.7 Å². The van der Waals surface area contributed by atoms with Gasteiger partial charge in [-0.05, 0) is 144 Å². The molecular formula is C34H51NO. The van der Waals surface area contributed by atoms with Crippen LogP contribution in [-0.4, -0.2) is 6.29 Å². The third-order valence-corrected chi connectivity index (χ3v) is 7.38. The van der Waals surface area contributed by atoms with Crippen LogP contribution in [-0.2, 0) is 4.79 Å². The van der Waals surface area contributed by atoms with Gasteiger partial charge in [-0.3, -0.25) is 0 Å². The first-order valence-corrected chi connectivity index (χ1v) is 13.4. The zero-order chi connectivity index (χ0) is 28.3. The van der Waals surface area contributed by atoms with Crippen molar-refractivity contribution in [3.8, 4) is 0 Å². The smallest absolute Gasteiger partial charge is 0.116 e. The second-order valence-electron chi connectivity index (χ2n) is 8.85. The highest BCUT2D eigenvalue weighted by Crippen LogP contribution is 2.46. The molecule has 2 heteroatoms. The van der Waals surface area contributed by atoms with E-state index >= 15 is 0 Å². The number of rotatable bonds is 3. The van der Waals surface area contributed by atoms with Crippen molar-refractivity contribution in [2.24, 2.45) is 0 Å². The average Bonchev–Trinajstić information content (AvgIpc) is 2.91. The summed E-state index contributed by atoms with van der Waals surface area (Å²) in [6.45, 7) is 32.1. The largest absolute Gasteiger partial charge is 0.309 e. The van der Waals surface area contributed by atoms with Crippen LogP contribution in [0.5, 0.6) is 0 Å². The number of carbonyl (C=O) groups excluding carboxylic acids is 1. The Hall–Kier alpha value is -2.87. The van der Waals surface area contributed by atoms with Crippen molar-refractivity contribution >= 4 is 23.3 Å². The van der Waals surface area contributed by atoms with Gasteiger partial charge < -0.3 is 9.69 Å². The number of para-hydroxylation sites is 1. The third-order valence-electron chi connectivity index (χ3n) is 7.38. The molecule has 0 aromatic heterocycles. The highest BCUT2D eigenvalue weighted by molar-refractivity contribution is 5.86. The SMILES string of the molecule is CC.CC.CC=O.Cc1c(C)c(C)c(N(c2ccccc2)c2c(C)c(C)c(C)c(C)c2C)c(C)c1C. The number of hydrogen-bond donors (Lipinski definition) is 0. The van der Waals surface area contributed by atoms with Crippen LogP contribution in [0.15, 0.2) is 30.3 Å². The normalized spacial score (nSPS) is 9.64. The van der Waals surface area contributed by atoms with Crippen LogP contribution >= 0.6 is 0 Å². The lowest BCUT2D eigenvalue weighted by molar-refractivity contribution is -0.106. The molecule has 2 nitrogen and oxygen atoms in total. The Balaban J connectivity index is 0.00000159. The minimum absolute atomic E-state index is 0.750. The molecule has 0 atom stereocenters. The zero-order valence-electron chi connectivity index (χ0n) is 25.8. The summed E-state index contributed by atoms with van der Waals surface area (Å²) in [6.07, 6.45) is 0.750. The predicted octanol–water partition coefficient (Wildman–Crippen LogP) is 10.5. The molecule has 0 aliphatic heterocycles. The van der Waals surface area contributed by atoms with Gasteiger partial charge in [-0.25, -0.2) is 0 Å². The standard InChI is InChI=1S/C28H35N.C2H4O.2C2H6/c1-16-18(3)22(7)27(23(8)19(16)4)29(26-14-12-11-13-15-26)28-24(9)20(5)17(2)21(6)25(28)10;1-2-3;2*1-2/h11-15H,1-10H3;2H,1H3;2*1-2H3. The average molecular weight is 490 g/mol. The van der Waals surface area contributed by atoms with E-state index in [1.165, 1.54) is 79.6 Å². The molecule has 0 amide bonds. The second-order valence-corrected chi connectivity index (χ2v) is 8.85. The Labute approximate surface area is 222 Å². The van der Waals surface area contributed by atoms with Crippen LogP contribution in [0.1, 0.15) is 90.3 Å². The fraction of sp³-hybridized carbons (Fsp3) is 0.441. The Kier molecular flexibility index (Phi) is 14.1. The maximum atomic E-state index is 8.81. The first-order valence-electron chi connectivity index (χ1n) is 13.4. The van der Waals surface area contributed by atoms with E-state index < -0.39 is 0 Å². The van der Waals surface area contributed by atoms with Gasteiger partial charge >= 0.3 is 0 Å². The summed E-state index contributed by atoms with van der Waals surface area (Å²) in [4.78, 5) is 11.3. The van der Waals surface area contributed by atoms with Crippen LogP contribution in [0.3, 0.4) is 0 Å². The number of anilines is 3. The van der Waals surface area contributed by atoms with Crippen molar-refractivity contribution in [3.05, 3.63) is 86.0 Å². The summed E-state index contributed by atoms with van der Waals surface area (Å²) < 4.78 is 0. The van der Waals surface area contributed by atoms with Crippen LogP contribution < -0.4 is 4.90 Å². The van der Waals surface area contributed by atoms with Crippen molar-refractivity contribution in [2.75, 3.05) is 4.90 Å². The van der Waals surface area contributed by atoms with Crippen molar-refractivity contribution in [2.45, 2.75) is 104 Å². The first-order chi connectivity index (χ1) is 17.0. The molecule has 3 aromatic rings. The number of hydrogen-bond acceptors (Lipinski definition) is 2. The minimum atomic E-state index is 0.750. The first kappa shape index (κ1) is 33.1. The molecule has 0 N–H and O–H groups in total. The second kappa shape index (κ2) is 15.3. The van der Waals surface area contributed by atoms with Gasteiger partial charge in [0.2, 0.25) is 0 Å². The molecule has 0 heterocycles. The summed E-state index contributed by atoms with van der Waals surface area (Å²) in [5.74, 6) is 0. The van der Waals surface area contributed by atoms with Gasteiger partial charge in [-0.15, -0.1) is 0 Å². The number of carbonyl (C=O) groups is 1. The molecule has 0 radical (unpaired) electrons. The lowest BCUT2D eigenvalue weighted by Gasteiger charge is -2.34. The predicted molar refractivity (Wildman–Crippen MR) is 163 cm³/mol. The van der Waals surface area contributed by atoms with E-state index in [-0.39, 0.29) is 0 Å². The monoisotopic (exact) mass is 489 g/mol. The maximum Gasteiger partial charge on any atom is 0.116 e. The zero-order valence-corrected chi connectivity index (χ0v) is 25.8. The molecule has 0 spiro atoms. The molecule has 0 fully saturated rings. The van der Waals surface area contributed by atoms with Gasteiger partial charge in [0.15, 0.2) is 0 Å². The molecule has 0 aliphatic rings. The van der Waals surface area contributed by atoms with E-state index in [0.29, 0.717) is 0 Å². The van der Waals surface area contributed by atoms with Crippen molar-refractivity contribution < 1.29 is 4.79 Å². The summed E-state index contributed by atoms with van der Waals surface area (Å²) in [6, 6.07) is 10.8. The molecule has 0 unspecified atom stereocenters. The van der Waals surface area contributed by atoms with E-state index in [1.54, 1.807) is 0 Å². The maximum absolute atomic E-state index is 8.81. The van der Waals surface area contributed by atoms with Gasteiger partial charge in [0.25, 0.3) is 0 Å². The fourth-order valence-electron chi connectivity index (χ4n) is 4.58. The lowest BCUT2D eigenvalue weighted by Crippen LogP contribution is -2.18. The molecule has 198 valence electrons. The van der Waals surface area contributed by atoms with Gasteiger partial charge in [0.05, 0.1) is 11.4 Å². The van der Waals surface area contributed by atoms with Crippen LogP contribution in [0, 0.1) is 69.2 Å². The van der Waals surface area contributed by atoms with E-state index in [0.717, 1.165) is 6.29 Å². The van der Waals surface area contributed by atoms with Crippen LogP contribution in [0.2, 0.25) is 0 Å². The van der Waals surface area contributed by atoms with Gasteiger partial charge in [-0.2, -0.15) is 0 Å². The Bertz CT molecular complexity index is 1010. The third kappa shape index (κ3) is 6.66. The van der Waals surface area contributed by atoms with Gasteiger partial charge in [0.1, 0.15) is 6.29 Å². The molecule has 0 aliphatic carbocycles. The lowest BCUT2D eigenvalue weighted by atomic mass is 9.89. The fourth-order valence-corrected chi connectivity index (χ4v) is 4.58. The van der Waals surface area contributed by atoms with E-state index in [4.69, 9.17) is 4.79 Å². The molecule has 3 rings (SSSR count). The Morgan fingerprint density at radius 3 is 0.944 bits per heavy atom. The Morgan fingerprint density at radius 2 is 0.694 bits per heavy atom. The molecule has 0 saturated heterocycles. The summed E-state index contributed by atoms with van der Waals surface area (Å²) >= 11 is 0. The van der Waals surface area contributed by atoms with Crippen LogP contribution in [0.25, 0.3) is 0 Å². The highest BCUT2D eigenvalue weighted by Gasteiger charge is 2.25. The number of nitrogens with zero attached hydrogens (tertiary/aromatic N) is 1. The summed E-state index contributed by atoms with van der Waals surface area (Å²) in [5.41, 5.74) is 17.7. The van der Waals surface area contributed by atoms with E-state index in [9.17, 15) is 0 Å². The molecule has 36 heavy (non-hydrogen) atoms. The molecule has 0 saturated carbocycles. The summed E-state index contributed by atoms with van der Waals surface area (Å²) in [7, 11) is 0. The molecular weight excluding hydrogens is 438 g/mol. The molecule has 0 bridgehead atoms. The van der Waals surface area contributed by atoms with E-state index in [2.05, 4.69) is 104 Å². The minimum Gasteiger partial charge on any atom is -0.309 e. The number of aldehydes is 1. The van der Waals surface area contributed by atoms with Gasteiger partial charge in [0, 0.05) is 5.69 Å². The summed E-state index contributed by atoms with van der Waals surface area (Å²) in [5, 5.41) is 0. The van der Waals surface area contributed by atoms with Gasteiger partial charge in [-0.1, -0.05) is 45.9 Å². The van der Waals surface area contributed by atoms with Crippen molar-refractivity contribution in [1.82, 2.24) is 0 Å². The van der Waals surface area contributed by atoms with Crippen molar-refractivity contribution in [3.63, 3.8) is 0 Å².